The molecule has 1 N–H and O–H groups in total. The van der Waals surface area contributed by atoms with Crippen LogP contribution in [-0.2, 0) is 17.6 Å². The molecule has 2 heterocycles. The van der Waals surface area contributed by atoms with E-state index < -0.39 is 0 Å². The molecule has 0 spiro atoms. The molecule has 2 aromatic rings. The van der Waals surface area contributed by atoms with Crippen molar-refractivity contribution in [2.24, 2.45) is 0 Å². The van der Waals surface area contributed by atoms with Gasteiger partial charge in [0.15, 0.2) is 0 Å². The van der Waals surface area contributed by atoms with Crippen molar-refractivity contribution in [2.75, 3.05) is 42.9 Å². The Kier molecular flexibility index (Phi) is 5.11. The normalized spacial score (nSPS) is 17.2. The summed E-state index contributed by atoms with van der Waals surface area (Å²) < 4.78 is 0. The summed E-state index contributed by atoms with van der Waals surface area (Å²) in [4.78, 5) is 25.4. The van der Waals surface area contributed by atoms with Crippen molar-refractivity contribution in [3.05, 3.63) is 47.8 Å². The van der Waals surface area contributed by atoms with E-state index in [4.69, 9.17) is 0 Å². The molecule has 1 amide bonds. The Labute approximate surface area is 154 Å². The molecule has 0 radical (unpaired) electrons. The minimum absolute atomic E-state index is 0.0942. The van der Waals surface area contributed by atoms with Gasteiger partial charge >= 0.3 is 0 Å². The zero-order valence-electron chi connectivity index (χ0n) is 15.0. The summed E-state index contributed by atoms with van der Waals surface area (Å²) in [5.41, 5.74) is 3.76. The van der Waals surface area contributed by atoms with Crippen molar-refractivity contribution < 1.29 is 4.79 Å². The highest BCUT2D eigenvalue weighted by atomic mass is 16.1. The lowest BCUT2D eigenvalue weighted by Crippen LogP contribution is -2.47. The van der Waals surface area contributed by atoms with E-state index in [0.717, 1.165) is 50.8 Å². The molecular weight excluding hydrogens is 326 g/mol. The first kappa shape index (κ1) is 17.0. The van der Waals surface area contributed by atoms with Gasteiger partial charge in [0.1, 0.15) is 0 Å². The van der Waals surface area contributed by atoms with Gasteiger partial charge in [-0.3, -0.25) is 9.69 Å². The van der Waals surface area contributed by atoms with Crippen molar-refractivity contribution in [1.29, 1.82) is 0 Å². The summed E-state index contributed by atoms with van der Waals surface area (Å²) in [5.74, 6) is 0.887. The molecular formula is C20H25N5O. The van der Waals surface area contributed by atoms with Crippen molar-refractivity contribution >= 4 is 17.5 Å². The molecule has 6 heteroatoms. The number of nitrogens with one attached hydrogen (secondary N) is 1. The highest BCUT2D eigenvalue weighted by Gasteiger charge is 2.19. The molecule has 0 bridgehead atoms. The Morgan fingerprint density at radius 2 is 1.81 bits per heavy atom. The number of hydrogen-bond acceptors (Lipinski definition) is 5. The number of nitrogens with zero attached hydrogens (tertiary/aromatic N) is 4. The van der Waals surface area contributed by atoms with Gasteiger partial charge < -0.3 is 10.2 Å². The van der Waals surface area contributed by atoms with Crippen LogP contribution in [0.2, 0.25) is 0 Å². The van der Waals surface area contributed by atoms with Crippen LogP contribution in [0, 0.1) is 0 Å². The number of hydrogen-bond donors (Lipinski definition) is 1. The molecule has 1 fully saturated rings. The number of benzene rings is 1. The first-order valence-electron chi connectivity index (χ1n) is 9.44. The van der Waals surface area contributed by atoms with Crippen molar-refractivity contribution in [2.45, 2.75) is 25.7 Å². The number of aryl methyl sites for hydroxylation is 2. The summed E-state index contributed by atoms with van der Waals surface area (Å²) in [7, 11) is 0. The van der Waals surface area contributed by atoms with E-state index in [1.807, 2.05) is 12.1 Å². The van der Waals surface area contributed by atoms with Crippen LogP contribution in [-0.4, -0.2) is 53.5 Å². The van der Waals surface area contributed by atoms with Gasteiger partial charge in [-0.1, -0.05) is 6.07 Å². The van der Waals surface area contributed by atoms with E-state index in [1.165, 1.54) is 24.0 Å². The average Bonchev–Trinajstić information content (AvgIpc) is 3.15. The van der Waals surface area contributed by atoms with Crippen LogP contribution in [0.4, 0.5) is 11.6 Å². The van der Waals surface area contributed by atoms with E-state index in [1.54, 1.807) is 12.4 Å². The van der Waals surface area contributed by atoms with Crippen molar-refractivity contribution in [3.63, 3.8) is 0 Å². The Hall–Kier alpha value is -2.47. The quantitative estimate of drug-likeness (QED) is 0.894. The van der Waals surface area contributed by atoms with E-state index in [0.29, 0.717) is 6.42 Å². The molecule has 1 saturated heterocycles. The Bertz CT molecular complexity index is 756. The van der Waals surface area contributed by atoms with Gasteiger partial charge in [-0.2, -0.15) is 0 Å². The third kappa shape index (κ3) is 4.02. The SMILES string of the molecule is O=C(CCN1CCN(c2ncccn2)CC1)Nc1ccc2c(c1)CCC2. The molecule has 0 unspecified atom stereocenters. The maximum Gasteiger partial charge on any atom is 0.225 e. The topological polar surface area (TPSA) is 61.4 Å². The summed E-state index contributed by atoms with van der Waals surface area (Å²) in [6.45, 7) is 4.46. The second-order valence-electron chi connectivity index (χ2n) is 7.01. The van der Waals surface area contributed by atoms with Crippen LogP contribution in [0.1, 0.15) is 24.0 Å². The van der Waals surface area contributed by atoms with Gasteiger partial charge in [0, 0.05) is 57.2 Å². The maximum atomic E-state index is 12.3. The minimum Gasteiger partial charge on any atom is -0.338 e. The minimum atomic E-state index is 0.0942. The van der Waals surface area contributed by atoms with E-state index in [2.05, 4.69) is 37.2 Å². The number of carbonyl (C=O) groups is 1. The second-order valence-corrected chi connectivity index (χ2v) is 7.01. The number of amides is 1. The highest BCUT2D eigenvalue weighted by Crippen LogP contribution is 2.24. The van der Waals surface area contributed by atoms with E-state index in [9.17, 15) is 4.79 Å². The first-order valence-corrected chi connectivity index (χ1v) is 9.44. The number of fused-ring (bicyclic) bond motifs is 1. The number of carbonyl (C=O) groups excluding carboxylic acids is 1. The summed E-state index contributed by atoms with van der Waals surface area (Å²) in [6, 6.07) is 8.15. The molecule has 1 aliphatic heterocycles. The standard InChI is InChI=1S/C20H25N5O/c26-19(23-18-6-5-16-3-1-4-17(16)15-18)7-10-24-11-13-25(14-12-24)20-21-8-2-9-22-20/h2,5-6,8-9,15H,1,3-4,7,10-14H2,(H,23,26). The molecule has 136 valence electrons. The van der Waals surface area contributed by atoms with Gasteiger partial charge in [-0.25, -0.2) is 9.97 Å². The van der Waals surface area contributed by atoms with Crippen LogP contribution in [0.5, 0.6) is 0 Å². The fourth-order valence-corrected chi connectivity index (χ4v) is 3.76. The Morgan fingerprint density at radius 1 is 1.04 bits per heavy atom. The summed E-state index contributed by atoms with van der Waals surface area (Å²) in [5, 5.41) is 3.05. The van der Waals surface area contributed by atoms with E-state index in [-0.39, 0.29) is 5.91 Å². The number of aromatic nitrogens is 2. The van der Waals surface area contributed by atoms with Gasteiger partial charge in [0.05, 0.1) is 0 Å². The molecule has 4 rings (SSSR count). The smallest absolute Gasteiger partial charge is 0.225 e. The fraction of sp³-hybridized carbons (Fsp3) is 0.450. The van der Waals surface area contributed by atoms with Crippen LogP contribution in [0.25, 0.3) is 0 Å². The highest BCUT2D eigenvalue weighted by molar-refractivity contribution is 5.91. The molecule has 1 aliphatic carbocycles. The fourth-order valence-electron chi connectivity index (χ4n) is 3.76. The van der Waals surface area contributed by atoms with Crippen molar-refractivity contribution in [1.82, 2.24) is 14.9 Å². The van der Waals surface area contributed by atoms with Crippen LogP contribution in [0.15, 0.2) is 36.7 Å². The zero-order valence-corrected chi connectivity index (χ0v) is 15.0. The Morgan fingerprint density at radius 3 is 2.62 bits per heavy atom. The number of piperazine rings is 1. The number of anilines is 2. The first-order chi connectivity index (χ1) is 12.8. The van der Waals surface area contributed by atoms with Gasteiger partial charge in [0.25, 0.3) is 0 Å². The van der Waals surface area contributed by atoms with Crippen LogP contribution >= 0.6 is 0 Å². The third-order valence-corrected chi connectivity index (χ3v) is 5.24. The predicted molar refractivity (Wildman–Crippen MR) is 102 cm³/mol. The molecule has 26 heavy (non-hydrogen) atoms. The van der Waals surface area contributed by atoms with Gasteiger partial charge in [-0.05, 0) is 48.6 Å². The average molecular weight is 351 g/mol. The molecule has 0 saturated carbocycles. The van der Waals surface area contributed by atoms with Gasteiger partial charge in [-0.15, -0.1) is 0 Å². The lowest BCUT2D eigenvalue weighted by molar-refractivity contribution is -0.116. The van der Waals surface area contributed by atoms with Crippen LogP contribution < -0.4 is 10.2 Å². The third-order valence-electron chi connectivity index (χ3n) is 5.24. The molecule has 2 aliphatic rings. The monoisotopic (exact) mass is 351 g/mol. The Balaban J connectivity index is 1.22. The number of rotatable bonds is 5. The predicted octanol–water partition coefficient (Wildman–Crippen LogP) is 2.12. The van der Waals surface area contributed by atoms with Gasteiger partial charge in [0.2, 0.25) is 11.9 Å². The molecule has 1 aromatic heterocycles. The maximum absolute atomic E-state index is 12.3. The summed E-state index contributed by atoms with van der Waals surface area (Å²) >= 11 is 0. The van der Waals surface area contributed by atoms with E-state index >= 15 is 0 Å². The largest absolute Gasteiger partial charge is 0.338 e. The van der Waals surface area contributed by atoms with Crippen molar-refractivity contribution in [3.8, 4) is 0 Å². The molecule has 1 aromatic carbocycles. The summed E-state index contributed by atoms with van der Waals surface area (Å²) in [6.07, 6.45) is 7.61. The zero-order chi connectivity index (χ0) is 17.8. The second kappa shape index (κ2) is 7.83. The van der Waals surface area contributed by atoms with Crippen LogP contribution in [0.3, 0.4) is 0 Å². The molecule has 6 nitrogen and oxygen atoms in total. The lowest BCUT2D eigenvalue weighted by Gasteiger charge is -2.34. The lowest BCUT2D eigenvalue weighted by atomic mass is 10.1. The molecule has 0 atom stereocenters.